The lowest BCUT2D eigenvalue weighted by molar-refractivity contribution is 0.602. The molecule has 0 aliphatic heterocycles. The van der Waals surface area contributed by atoms with Crippen LogP contribution in [-0.2, 0) is 0 Å². The number of thiophene rings is 1. The number of nitrogens with two attached hydrogens (primary N) is 1. The molecule has 0 amide bonds. The van der Waals surface area contributed by atoms with E-state index in [-0.39, 0.29) is 11.9 Å². The Hall–Kier alpha value is -0.940. The first kappa shape index (κ1) is 13.5. The zero-order valence-corrected chi connectivity index (χ0v) is 11.7. The summed E-state index contributed by atoms with van der Waals surface area (Å²) in [6.45, 7) is 3.66. The van der Waals surface area contributed by atoms with Gasteiger partial charge in [-0.25, -0.2) is 9.82 Å². The number of hydrogen-bond acceptors (Lipinski definition) is 3. The zero-order valence-electron chi connectivity index (χ0n) is 10.1. The highest BCUT2D eigenvalue weighted by molar-refractivity contribution is 7.10. The molecule has 2 nitrogen and oxygen atoms in total. The van der Waals surface area contributed by atoms with Gasteiger partial charge in [-0.05, 0) is 42.0 Å². The Labute approximate surface area is 115 Å². The lowest BCUT2D eigenvalue weighted by Gasteiger charge is -2.16. The van der Waals surface area contributed by atoms with Crippen LogP contribution < -0.4 is 11.3 Å². The van der Waals surface area contributed by atoms with Crippen LogP contribution in [0.2, 0.25) is 5.02 Å². The minimum Gasteiger partial charge on any atom is -0.271 e. The van der Waals surface area contributed by atoms with Gasteiger partial charge in [0.05, 0.1) is 11.1 Å². The molecule has 5 heteroatoms. The van der Waals surface area contributed by atoms with Crippen molar-refractivity contribution in [2.24, 2.45) is 5.84 Å². The molecule has 0 fully saturated rings. The molecule has 1 heterocycles. The van der Waals surface area contributed by atoms with Crippen molar-refractivity contribution in [3.05, 3.63) is 56.0 Å². The summed E-state index contributed by atoms with van der Waals surface area (Å²) >= 11 is 7.74. The largest absolute Gasteiger partial charge is 0.271 e. The van der Waals surface area contributed by atoms with E-state index in [1.54, 1.807) is 13.0 Å². The van der Waals surface area contributed by atoms with Crippen molar-refractivity contribution >= 4 is 22.9 Å². The fourth-order valence-electron chi connectivity index (χ4n) is 1.76. The van der Waals surface area contributed by atoms with Crippen LogP contribution in [0.25, 0.3) is 0 Å². The summed E-state index contributed by atoms with van der Waals surface area (Å²) in [6.07, 6.45) is 0. The fraction of sp³-hybridized carbons (Fsp3) is 0.231. The minimum atomic E-state index is -0.286. The maximum Gasteiger partial charge on any atom is 0.126 e. The highest BCUT2D eigenvalue weighted by Gasteiger charge is 2.19. The average Bonchev–Trinajstić information content (AvgIpc) is 2.67. The summed E-state index contributed by atoms with van der Waals surface area (Å²) in [5, 5.41) is 2.65. The molecule has 1 atom stereocenters. The van der Waals surface area contributed by atoms with Gasteiger partial charge in [-0.15, -0.1) is 11.3 Å². The van der Waals surface area contributed by atoms with E-state index >= 15 is 0 Å². The molecule has 0 saturated heterocycles. The third-order valence-corrected chi connectivity index (χ3v) is 4.66. The van der Waals surface area contributed by atoms with Crippen LogP contribution in [0.3, 0.4) is 0 Å². The molecule has 0 aliphatic carbocycles. The van der Waals surface area contributed by atoms with E-state index in [0.29, 0.717) is 10.6 Å². The van der Waals surface area contributed by atoms with Crippen LogP contribution in [0.4, 0.5) is 4.39 Å². The molecule has 18 heavy (non-hydrogen) atoms. The van der Waals surface area contributed by atoms with Crippen LogP contribution in [-0.4, -0.2) is 0 Å². The standard InChI is InChI=1S/C13H14ClFN2S/c1-7-3-4-9(5-10(7)15)12(17-16)13-11(14)8(2)6-18-13/h3-6,12,17H,16H2,1-2H3. The van der Waals surface area contributed by atoms with Crippen molar-refractivity contribution in [3.63, 3.8) is 0 Å². The topological polar surface area (TPSA) is 38.0 Å². The van der Waals surface area contributed by atoms with Gasteiger partial charge in [0.25, 0.3) is 0 Å². The maximum absolute atomic E-state index is 13.6. The summed E-state index contributed by atoms with van der Waals surface area (Å²) in [5.41, 5.74) is 5.08. The molecule has 0 spiro atoms. The normalized spacial score (nSPS) is 12.7. The summed E-state index contributed by atoms with van der Waals surface area (Å²) in [6, 6.07) is 4.80. The van der Waals surface area contributed by atoms with Crippen LogP contribution >= 0.6 is 22.9 Å². The van der Waals surface area contributed by atoms with E-state index in [2.05, 4.69) is 5.43 Å². The molecule has 0 aliphatic rings. The third kappa shape index (κ3) is 2.42. The lowest BCUT2D eigenvalue weighted by atomic mass is 10.0. The molecule has 96 valence electrons. The number of hydrazine groups is 1. The highest BCUT2D eigenvalue weighted by Crippen LogP contribution is 2.35. The summed E-state index contributed by atoms with van der Waals surface area (Å²) in [5.74, 6) is 5.34. The van der Waals surface area contributed by atoms with E-state index in [1.165, 1.54) is 17.4 Å². The number of nitrogens with one attached hydrogen (secondary N) is 1. The second-order valence-electron chi connectivity index (χ2n) is 4.21. The predicted molar refractivity (Wildman–Crippen MR) is 74.4 cm³/mol. The number of halogens is 2. The Kier molecular flexibility index (Phi) is 4.02. The van der Waals surface area contributed by atoms with E-state index < -0.39 is 0 Å². The van der Waals surface area contributed by atoms with Crippen LogP contribution in [0, 0.1) is 19.7 Å². The molecule has 3 N–H and O–H groups in total. The first-order valence-electron chi connectivity index (χ1n) is 5.50. The SMILES string of the molecule is Cc1ccc(C(NN)c2scc(C)c2Cl)cc1F. The van der Waals surface area contributed by atoms with Gasteiger partial charge < -0.3 is 0 Å². The molecule has 1 aromatic carbocycles. The van der Waals surface area contributed by atoms with Gasteiger partial charge in [0.1, 0.15) is 5.82 Å². The number of rotatable bonds is 3. The van der Waals surface area contributed by atoms with Crippen LogP contribution in [0.1, 0.15) is 27.6 Å². The van der Waals surface area contributed by atoms with Crippen LogP contribution in [0.15, 0.2) is 23.6 Å². The fourth-order valence-corrected chi connectivity index (χ4v) is 3.14. The van der Waals surface area contributed by atoms with Gasteiger partial charge in [0.15, 0.2) is 0 Å². The van der Waals surface area contributed by atoms with Gasteiger partial charge in [0.2, 0.25) is 0 Å². The van der Waals surface area contributed by atoms with Crippen molar-refractivity contribution in [2.75, 3.05) is 0 Å². The maximum atomic E-state index is 13.6. The van der Waals surface area contributed by atoms with Crippen LogP contribution in [0.5, 0.6) is 0 Å². The molecular formula is C13H14ClFN2S. The Balaban J connectivity index is 2.45. The molecule has 0 saturated carbocycles. The quantitative estimate of drug-likeness (QED) is 0.666. The second kappa shape index (κ2) is 5.36. The summed E-state index contributed by atoms with van der Waals surface area (Å²) < 4.78 is 13.6. The van der Waals surface area contributed by atoms with Gasteiger partial charge in [-0.1, -0.05) is 23.7 Å². The van der Waals surface area contributed by atoms with Gasteiger partial charge in [-0.3, -0.25) is 5.84 Å². The Morgan fingerprint density at radius 1 is 1.33 bits per heavy atom. The second-order valence-corrected chi connectivity index (χ2v) is 5.49. The molecule has 2 aromatic rings. The predicted octanol–water partition coefficient (Wildman–Crippen LogP) is 3.71. The molecule has 2 rings (SSSR count). The van der Waals surface area contributed by atoms with Crippen molar-refractivity contribution in [1.29, 1.82) is 0 Å². The summed E-state index contributed by atoms with van der Waals surface area (Å²) in [7, 11) is 0. The number of aryl methyl sites for hydroxylation is 2. The molecule has 0 bridgehead atoms. The molecule has 0 radical (unpaired) electrons. The zero-order chi connectivity index (χ0) is 13.3. The lowest BCUT2D eigenvalue weighted by Crippen LogP contribution is -2.28. The molecule has 1 unspecified atom stereocenters. The van der Waals surface area contributed by atoms with Gasteiger partial charge in [-0.2, -0.15) is 0 Å². The minimum absolute atomic E-state index is 0.239. The number of benzene rings is 1. The monoisotopic (exact) mass is 284 g/mol. The number of hydrogen-bond donors (Lipinski definition) is 2. The Morgan fingerprint density at radius 3 is 2.56 bits per heavy atom. The molecular weight excluding hydrogens is 271 g/mol. The summed E-state index contributed by atoms with van der Waals surface area (Å²) in [4.78, 5) is 0.903. The average molecular weight is 285 g/mol. The van der Waals surface area contributed by atoms with Crippen molar-refractivity contribution in [3.8, 4) is 0 Å². The van der Waals surface area contributed by atoms with Crippen molar-refractivity contribution in [1.82, 2.24) is 5.43 Å². The van der Waals surface area contributed by atoms with E-state index in [9.17, 15) is 4.39 Å². The highest BCUT2D eigenvalue weighted by atomic mass is 35.5. The Morgan fingerprint density at radius 2 is 2.06 bits per heavy atom. The third-order valence-electron chi connectivity index (χ3n) is 2.88. The van der Waals surface area contributed by atoms with Crippen molar-refractivity contribution < 1.29 is 4.39 Å². The van der Waals surface area contributed by atoms with E-state index in [4.69, 9.17) is 17.4 Å². The Bertz CT molecular complexity index is 568. The van der Waals surface area contributed by atoms with Gasteiger partial charge >= 0.3 is 0 Å². The van der Waals surface area contributed by atoms with E-state index in [0.717, 1.165) is 16.0 Å². The smallest absolute Gasteiger partial charge is 0.126 e. The first-order valence-corrected chi connectivity index (χ1v) is 6.76. The molecule has 1 aromatic heterocycles. The first-order chi connectivity index (χ1) is 8.54. The van der Waals surface area contributed by atoms with Gasteiger partial charge in [0, 0.05) is 4.88 Å². The van der Waals surface area contributed by atoms with E-state index in [1.807, 2.05) is 18.4 Å². The van der Waals surface area contributed by atoms with Crippen molar-refractivity contribution in [2.45, 2.75) is 19.9 Å².